The number of ether oxygens (including phenoxy) is 1. The van der Waals surface area contributed by atoms with Gasteiger partial charge in [-0.15, -0.1) is 5.10 Å². The van der Waals surface area contributed by atoms with Gasteiger partial charge in [-0.25, -0.2) is 4.68 Å². The molecule has 9 nitrogen and oxygen atoms in total. The van der Waals surface area contributed by atoms with Gasteiger partial charge in [0.05, 0.1) is 24.5 Å². The van der Waals surface area contributed by atoms with Crippen molar-refractivity contribution in [2.24, 2.45) is 0 Å². The van der Waals surface area contributed by atoms with Crippen LogP contribution in [0.2, 0.25) is 0 Å². The molecule has 2 aromatic carbocycles. The molecule has 9 heteroatoms. The topological polar surface area (TPSA) is 103 Å². The lowest BCUT2D eigenvalue weighted by Crippen LogP contribution is -3.10. The van der Waals surface area contributed by atoms with Gasteiger partial charge in [0.2, 0.25) is 5.82 Å². The highest BCUT2D eigenvalue weighted by atomic mass is 16.5. The number of aryl methyl sites for hydroxylation is 1. The van der Waals surface area contributed by atoms with Crippen LogP contribution in [0.25, 0.3) is 10.9 Å². The molecule has 0 aliphatic heterocycles. The van der Waals surface area contributed by atoms with Gasteiger partial charge in [-0.3, -0.25) is 4.79 Å². The van der Waals surface area contributed by atoms with Crippen molar-refractivity contribution in [1.82, 2.24) is 25.2 Å². The summed E-state index contributed by atoms with van der Waals surface area (Å²) in [6, 6.07) is 19.4. The van der Waals surface area contributed by atoms with E-state index in [0.29, 0.717) is 24.5 Å². The number of methoxy groups -OCH3 is 1. The second-order valence-corrected chi connectivity index (χ2v) is 10.6. The Bertz CT molecular complexity index is 1600. The third-order valence-corrected chi connectivity index (χ3v) is 7.51. The zero-order chi connectivity index (χ0) is 27.6. The highest BCUT2D eigenvalue weighted by Gasteiger charge is 2.38. The molecule has 0 saturated carbocycles. The summed E-state index contributed by atoms with van der Waals surface area (Å²) in [5, 5.41) is 14.0. The van der Waals surface area contributed by atoms with Crippen molar-refractivity contribution in [3.8, 4) is 5.75 Å². The summed E-state index contributed by atoms with van der Waals surface area (Å²) < 4.78 is 13.0. The lowest BCUT2D eigenvalue weighted by Gasteiger charge is -2.31. The van der Waals surface area contributed by atoms with E-state index in [2.05, 4.69) is 47.3 Å². The molecule has 2 unspecified atom stereocenters. The largest absolute Gasteiger partial charge is 0.497 e. The van der Waals surface area contributed by atoms with E-state index in [0.717, 1.165) is 44.9 Å². The number of nitrogens with zero attached hydrogens (tertiary/aromatic N) is 4. The SMILES string of the molecule is CCC(C)(C)n1nnnc1C(c1cc2cc(C)ccc2[nH]c1=O)[NH+](Cc1ccc(OC)cc1)Cc1ccco1. The fraction of sp³-hybridized carbons (Fsp3) is 0.333. The first-order chi connectivity index (χ1) is 18.8. The smallest absolute Gasteiger partial charge is 0.258 e. The van der Waals surface area contributed by atoms with Gasteiger partial charge in [-0.2, -0.15) is 0 Å². The fourth-order valence-electron chi connectivity index (χ4n) is 4.96. The average Bonchev–Trinajstić information content (AvgIpc) is 3.63. The Morgan fingerprint density at radius 3 is 2.59 bits per heavy atom. The van der Waals surface area contributed by atoms with Crippen LogP contribution in [0.5, 0.6) is 5.75 Å². The highest BCUT2D eigenvalue weighted by molar-refractivity contribution is 5.79. The number of pyridine rings is 1. The summed E-state index contributed by atoms with van der Waals surface area (Å²) >= 11 is 0. The zero-order valence-electron chi connectivity index (χ0n) is 23.1. The Morgan fingerprint density at radius 2 is 1.90 bits per heavy atom. The van der Waals surface area contributed by atoms with E-state index in [1.54, 1.807) is 13.4 Å². The van der Waals surface area contributed by atoms with Crippen molar-refractivity contribution in [2.75, 3.05) is 7.11 Å². The van der Waals surface area contributed by atoms with Gasteiger partial charge in [0.1, 0.15) is 18.8 Å². The van der Waals surface area contributed by atoms with Crippen LogP contribution < -0.4 is 15.2 Å². The first-order valence-corrected chi connectivity index (χ1v) is 13.2. The Hall–Kier alpha value is -4.24. The Balaban J connectivity index is 1.72. The number of H-pyrrole nitrogens is 1. The van der Waals surface area contributed by atoms with Crippen LogP contribution >= 0.6 is 0 Å². The molecule has 0 aliphatic carbocycles. The molecule has 0 spiro atoms. The second-order valence-electron chi connectivity index (χ2n) is 10.6. The Morgan fingerprint density at radius 1 is 1.10 bits per heavy atom. The average molecular weight is 528 g/mol. The minimum absolute atomic E-state index is 0.160. The molecule has 3 aromatic heterocycles. The van der Waals surface area contributed by atoms with Crippen LogP contribution in [-0.2, 0) is 18.6 Å². The molecule has 39 heavy (non-hydrogen) atoms. The van der Waals surface area contributed by atoms with Crippen LogP contribution in [-0.4, -0.2) is 32.3 Å². The van der Waals surface area contributed by atoms with Crippen molar-refractivity contribution in [3.63, 3.8) is 0 Å². The summed E-state index contributed by atoms with van der Waals surface area (Å²) in [5.41, 5.74) is 3.09. The third kappa shape index (κ3) is 5.49. The van der Waals surface area contributed by atoms with Crippen LogP contribution in [0, 0.1) is 6.92 Å². The zero-order valence-corrected chi connectivity index (χ0v) is 23.1. The molecule has 0 saturated heterocycles. The van der Waals surface area contributed by atoms with Gasteiger partial charge in [0.15, 0.2) is 11.8 Å². The summed E-state index contributed by atoms with van der Waals surface area (Å²) in [6.07, 6.45) is 2.49. The number of hydrogen-bond donors (Lipinski definition) is 2. The number of fused-ring (bicyclic) bond motifs is 1. The summed E-state index contributed by atoms with van der Waals surface area (Å²) in [6.45, 7) is 9.48. The predicted octanol–water partition coefficient (Wildman–Crippen LogP) is 3.94. The molecule has 0 fully saturated rings. The molecule has 0 amide bonds. The van der Waals surface area contributed by atoms with Crippen molar-refractivity contribution in [1.29, 1.82) is 0 Å². The Kier molecular flexibility index (Phi) is 7.34. The maximum atomic E-state index is 13.7. The van der Waals surface area contributed by atoms with Crippen molar-refractivity contribution in [2.45, 2.75) is 58.8 Å². The molecule has 2 N–H and O–H groups in total. The molecular weight excluding hydrogens is 492 g/mol. The second kappa shape index (κ2) is 10.9. The number of rotatable bonds is 10. The fourth-order valence-corrected chi connectivity index (χ4v) is 4.96. The number of aromatic nitrogens is 5. The van der Waals surface area contributed by atoms with Gasteiger partial charge in [-0.1, -0.05) is 18.6 Å². The van der Waals surface area contributed by atoms with Crippen LogP contribution in [0.1, 0.15) is 61.5 Å². The van der Waals surface area contributed by atoms with E-state index >= 15 is 0 Å². The lowest BCUT2D eigenvalue weighted by atomic mass is 9.98. The van der Waals surface area contributed by atoms with Crippen molar-refractivity contribution in [3.05, 3.63) is 106 Å². The quantitative estimate of drug-likeness (QED) is 0.285. The number of benzene rings is 2. The Labute approximate surface area is 227 Å². The maximum absolute atomic E-state index is 13.7. The van der Waals surface area contributed by atoms with Crippen molar-refractivity contribution < 1.29 is 14.1 Å². The van der Waals surface area contributed by atoms with Gasteiger partial charge >= 0.3 is 0 Å². The normalized spacial score (nSPS) is 13.5. The third-order valence-electron chi connectivity index (χ3n) is 7.51. The molecule has 2 atom stereocenters. The van der Waals surface area contributed by atoms with Crippen molar-refractivity contribution >= 4 is 10.9 Å². The molecule has 202 valence electrons. The highest BCUT2D eigenvalue weighted by Crippen LogP contribution is 2.26. The number of aromatic amines is 1. The molecular formula is C30H35N6O3+. The first kappa shape index (κ1) is 26.4. The van der Waals surface area contributed by atoms with Gasteiger partial charge < -0.3 is 19.0 Å². The number of quaternary nitrogens is 1. The van der Waals surface area contributed by atoms with E-state index < -0.39 is 6.04 Å². The van der Waals surface area contributed by atoms with Crippen LogP contribution in [0.4, 0.5) is 0 Å². The van der Waals surface area contributed by atoms with E-state index in [9.17, 15) is 4.79 Å². The van der Waals surface area contributed by atoms with E-state index in [4.69, 9.17) is 9.15 Å². The minimum atomic E-state index is -0.480. The number of tetrazole rings is 1. The molecule has 3 heterocycles. The van der Waals surface area contributed by atoms with Crippen LogP contribution in [0.3, 0.4) is 0 Å². The van der Waals surface area contributed by atoms with Gasteiger partial charge in [0, 0.05) is 11.1 Å². The minimum Gasteiger partial charge on any atom is -0.497 e. The monoisotopic (exact) mass is 527 g/mol. The van der Waals surface area contributed by atoms with E-state index in [1.807, 2.05) is 66.2 Å². The van der Waals surface area contributed by atoms with Gasteiger partial charge in [0.25, 0.3) is 5.56 Å². The van der Waals surface area contributed by atoms with E-state index in [-0.39, 0.29) is 11.1 Å². The maximum Gasteiger partial charge on any atom is 0.258 e. The number of hydrogen-bond acceptors (Lipinski definition) is 6. The molecule has 0 bridgehead atoms. The van der Waals surface area contributed by atoms with E-state index in [1.165, 1.54) is 0 Å². The standard InChI is InChI=1S/C30H34N6O3/c1-6-30(3,4)36-28(32-33-34-36)27(25-17-22-16-20(2)9-14-26(22)31-29(25)37)35(19-24-8-7-15-39-24)18-21-10-12-23(38-5)13-11-21/h7-17,27H,6,18-19H2,1-5H3,(H,31,37)/p+1. The van der Waals surface area contributed by atoms with Gasteiger partial charge in [-0.05, 0) is 97.6 Å². The molecule has 5 rings (SSSR count). The predicted molar refractivity (Wildman–Crippen MR) is 149 cm³/mol. The summed E-state index contributed by atoms with van der Waals surface area (Å²) in [5.74, 6) is 2.23. The molecule has 5 aromatic rings. The lowest BCUT2D eigenvalue weighted by molar-refractivity contribution is -0.954. The summed E-state index contributed by atoms with van der Waals surface area (Å²) in [7, 11) is 1.66. The number of nitrogens with one attached hydrogen (secondary N) is 2. The molecule has 0 radical (unpaired) electrons. The summed E-state index contributed by atoms with van der Waals surface area (Å²) in [4.78, 5) is 17.9. The number of furan rings is 1. The van der Waals surface area contributed by atoms with Crippen LogP contribution in [0.15, 0.2) is 76.1 Å². The molecule has 0 aliphatic rings. The first-order valence-electron chi connectivity index (χ1n) is 13.2.